The van der Waals surface area contributed by atoms with Crippen molar-refractivity contribution in [1.29, 1.82) is 0 Å². The van der Waals surface area contributed by atoms with Crippen molar-refractivity contribution < 1.29 is 9.53 Å². The average Bonchev–Trinajstić information content (AvgIpc) is 2.35. The molecule has 4 nitrogen and oxygen atoms in total. The molecule has 4 heteroatoms. The van der Waals surface area contributed by atoms with Gasteiger partial charge in [-0.15, -0.1) is 0 Å². The maximum Gasteiger partial charge on any atom is 0.228 e. The van der Waals surface area contributed by atoms with Gasteiger partial charge < -0.3 is 15.4 Å². The molecular weight excluding hydrogens is 240 g/mol. The number of fused-ring (bicyclic) bond motifs is 1. The zero-order valence-corrected chi connectivity index (χ0v) is 11.9. The Bertz CT molecular complexity index is 478. The van der Waals surface area contributed by atoms with Gasteiger partial charge in [0.05, 0.1) is 7.11 Å². The maximum atomic E-state index is 12.3. The van der Waals surface area contributed by atoms with Gasteiger partial charge in [-0.1, -0.05) is 0 Å². The van der Waals surface area contributed by atoms with Gasteiger partial charge in [0.2, 0.25) is 5.91 Å². The highest BCUT2D eigenvalue weighted by Gasteiger charge is 2.26. The van der Waals surface area contributed by atoms with Crippen molar-refractivity contribution in [1.82, 2.24) is 0 Å². The number of carbonyl (C=O) groups is 1. The van der Waals surface area contributed by atoms with Gasteiger partial charge in [0.15, 0.2) is 0 Å². The Hall–Kier alpha value is -1.55. The third-order valence-corrected chi connectivity index (χ3v) is 3.31. The second-order valence-electron chi connectivity index (χ2n) is 5.81. The normalized spacial score (nSPS) is 15.1. The van der Waals surface area contributed by atoms with Crippen LogP contribution in [0.5, 0.6) is 5.75 Å². The molecule has 0 atom stereocenters. The Balaban J connectivity index is 2.25. The van der Waals surface area contributed by atoms with E-state index < -0.39 is 5.54 Å². The lowest BCUT2D eigenvalue weighted by Gasteiger charge is -2.32. The van der Waals surface area contributed by atoms with Gasteiger partial charge >= 0.3 is 0 Å². The third-order valence-electron chi connectivity index (χ3n) is 3.31. The molecule has 1 aliphatic heterocycles. The van der Waals surface area contributed by atoms with E-state index in [2.05, 4.69) is 0 Å². The Morgan fingerprint density at radius 1 is 1.47 bits per heavy atom. The summed E-state index contributed by atoms with van der Waals surface area (Å²) in [5.74, 6) is 0.936. The van der Waals surface area contributed by atoms with Crippen molar-refractivity contribution >= 4 is 11.6 Å². The smallest absolute Gasteiger partial charge is 0.228 e. The highest BCUT2D eigenvalue weighted by molar-refractivity contribution is 5.95. The van der Waals surface area contributed by atoms with Gasteiger partial charge in [-0.3, -0.25) is 4.79 Å². The lowest BCUT2D eigenvalue weighted by Crippen LogP contribution is -2.43. The topological polar surface area (TPSA) is 55.6 Å². The summed E-state index contributed by atoms with van der Waals surface area (Å²) in [4.78, 5) is 14.2. The lowest BCUT2D eigenvalue weighted by atomic mass is 9.97. The molecule has 0 unspecified atom stereocenters. The van der Waals surface area contributed by atoms with Crippen LogP contribution in [-0.2, 0) is 11.2 Å². The van der Waals surface area contributed by atoms with Crippen molar-refractivity contribution in [2.24, 2.45) is 5.73 Å². The number of benzene rings is 1. The van der Waals surface area contributed by atoms with Gasteiger partial charge in [0, 0.05) is 24.2 Å². The van der Waals surface area contributed by atoms with Crippen molar-refractivity contribution in [2.45, 2.75) is 38.6 Å². The van der Waals surface area contributed by atoms with Crippen molar-refractivity contribution in [3.05, 3.63) is 23.8 Å². The number of aryl methyl sites for hydroxylation is 1. The molecule has 19 heavy (non-hydrogen) atoms. The van der Waals surface area contributed by atoms with Crippen LogP contribution in [-0.4, -0.2) is 25.1 Å². The first-order chi connectivity index (χ1) is 8.90. The van der Waals surface area contributed by atoms with Crippen LogP contribution >= 0.6 is 0 Å². The van der Waals surface area contributed by atoms with E-state index in [1.807, 2.05) is 36.9 Å². The van der Waals surface area contributed by atoms with E-state index in [1.54, 1.807) is 7.11 Å². The van der Waals surface area contributed by atoms with Crippen LogP contribution in [0.25, 0.3) is 0 Å². The maximum absolute atomic E-state index is 12.3. The van der Waals surface area contributed by atoms with E-state index in [0.29, 0.717) is 6.42 Å². The first-order valence-electron chi connectivity index (χ1n) is 6.67. The monoisotopic (exact) mass is 262 g/mol. The summed E-state index contributed by atoms with van der Waals surface area (Å²) in [6.07, 6.45) is 2.33. The molecule has 1 amide bonds. The van der Waals surface area contributed by atoms with Crippen molar-refractivity contribution in [2.75, 3.05) is 18.6 Å². The van der Waals surface area contributed by atoms with E-state index in [4.69, 9.17) is 10.5 Å². The molecule has 1 aromatic carbocycles. The van der Waals surface area contributed by atoms with Crippen LogP contribution in [0, 0.1) is 0 Å². The molecule has 104 valence electrons. The summed E-state index contributed by atoms with van der Waals surface area (Å²) >= 11 is 0. The Kier molecular flexibility index (Phi) is 3.80. The van der Waals surface area contributed by atoms with E-state index in [0.717, 1.165) is 30.8 Å². The third kappa shape index (κ3) is 3.26. The van der Waals surface area contributed by atoms with Crippen LogP contribution in [0.3, 0.4) is 0 Å². The van der Waals surface area contributed by atoms with E-state index >= 15 is 0 Å². The molecule has 0 spiro atoms. The van der Waals surface area contributed by atoms with E-state index in [-0.39, 0.29) is 5.91 Å². The minimum atomic E-state index is -0.471. The highest BCUT2D eigenvalue weighted by Crippen LogP contribution is 2.31. The van der Waals surface area contributed by atoms with Crippen LogP contribution in [0.1, 0.15) is 32.3 Å². The van der Waals surface area contributed by atoms with E-state index in [9.17, 15) is 4.79 Å². The summed E-state index contributed by atoms with van der Waals surface area (Å²) in [6.45, 7) is 4.53. The second-order valence-corrected chi connectivity index (χ2v) is 5.81. The first-order valence-corrected chi connectivity index (χ1v) is 6.67. The van der Waals surface area contributed by atoms with Crippen LogP contribution in [0.15, 0.2) is 18.2 Å². The van der Waals surface area contributed by atoms with Crippen LogP contribution < -0.4 is 15.4 Å². The van der Waals surface area contributed by atoms with E-state index in [1.165, 1.54) is 5.56 Å². The molecule has 0 fully saturated rings. The molecule has 0 saturated heterocycles. The molecule has 2 N–H and O–H groups in total. The number of anilines is 1. The predicted molar refractivity (Wildman–Crippen MR) is 76.6 cm³/mol. The van der Waals surface area contributed by atoms with Crippen LogP contribution in [0.2, 0.25) is 0 Å². The number of rotatable bonds is 3. The largest absolute Gasteiger partial charge is 0.497 e. The highest BCUT2D eigenvalue weighted by atomic mass is 16.5. The molecular formula is C15H22N2O2. The average molecular weight is 262 g/mol. The van der Waals surface area contributed by atoms with Gasteiger partial charge in [-0.05, 0) is 50.5 Å². The molecule has 0 aliphatic carbocycles. The first kappa shape index (κ1) is 13.9. The molecule has 0 radical (unpaired) electrons. The minimum absolute atomic E-state index is 0.0959. The second kappa shape index (κ2) is 5.21. The van der Waals surface area contributed by atoms with Gasteiger partial charge in [-0.25, -0.2) is 0 Å². The quantitative estimate of drug-likeness (QED) is 0.907. The molecule has 1 aromatic rings. The van der Waals surface area contributed by atoms with Crippen molar-refractivity contribution in [3.63, 3.8) is 0 Å². The summed E-state index contributed by atoms with van der Waals surface area (Å²) in [5.41, 5.74) is 7.65. The SMILES string of the molecule is COc1ccc2c(c1)CCCN2C(=O)CC(C)(C)N. The number of amides is 1. The van der Waals surface area contributed by atoms with Crippen LogP contribution in [0.4, 0.5) is 5.69 Å². The zero-order chi connectivity index (χ0) is 14.0. The molecule has 0 saturated carbocycles. The minimum Gasteiger partial charge on any atom is -0.497 e. The lowest BCUT2D eigenvalue weighted by molar-refractivity contribution is -0.119. The number of nitrogens with zero attached hydrogens (tertiary/aromatic N) is 1. The summed E-state index contributed by atoms with van der Waals surface area (Å²) in [7, 11) is 1.66. The Morgan fingerprint density at radius 3 is 2.84 bits per heavy atom. The number of carbonyl (C=O) groups excluding carboxylic acids is 1. The number of ether oxygens (including phenoxy) is 1. The fourth-order valence-corrected chi connectivity index (χ4v) is 2.44. The summed E-state index contributed by atoms with van der Waals surface area (Å²) in [6, 6.07) is 5.88. The molecule has 2 rings (SSSR count). The summed E-state index contributed by atoms with van der Waals surface area (Å²) in [5, 5.41) is 0. The molecule has 0 bridgehead atoms. The summed E-state index contributed by atoms with van der Waals surface area (Å²) < 4.78 is 5.23. The predicted octanol–water partition coefficient (Wildman–Crippen LogP) is 2.10. The Morgan fingerprint density at radius 2 is 2.21 bits per heavy atom. The fraction of sp³-hybridized carbons (Fsp3) is 0.533. The number of nitrogens with two attached hydrogens (primary N) is 1. The molecule has 1 heterocycles. The molecule has 0 aromatic heterocycles. The standard InChI is InChI=1S/C15H22N2O2/c1-15(2,16)10-14(18)17-8-4-5-11-9-12(19-3)6-7-13(11)17/h6-7,9H,4-5,8,10,16H2,1-3H3. The van der Waals surface area contributed by atoms with Gasteiger partial charge in [0.1, 0.15) is 5.75 Å². The molecule has 1 aliphatic rings. The number of hydrogen-bond donors (Lipinski definition) is 1. The fourth-order valence-electron chi connectivity index (χ4n) is 2.44. The van der Waals surface area contributed by atoms with Gasteiger partial charge in [0.25, 0.3) is 0 Å². The van der Waals surface area contributed by atoms with Gasteiger partial charge in [-0.2, -0.15) is 0 Å². The number of methoxy groups -OCH3 is 1. The van der Waals surface area contributed by atoms with Crippen molar-refractivity contribution in [3.8, 4) is 5.75 Å². The Labute approximate surface area is 114 Å². The number of hydrogen-bond acceptors (Lipinski definition) is 3. The zero-order valence-electron chi connectivity index (χ0n) is 11.9.